The molecule has 1 aromatic rings. The van der Waals surface area contributed by atoms with Crippen molar-refractivity contribution in [1.82, 2.24) is 15.1 Å². The van der Waals surface area contributed by atoms with E-state index in [2.05, 4.69) is 54.3 Å². The first-order chi connectivity index (χ1) is 16.5. The number of nitrogens with one attached hydrogen (secondary N) is 1. The van der Waals surface area contributed by atoms with Crippen LogP contribution in [0.2, 0.25) is 0 Å². The molecule has 1 spiro atoms. The lowest BCUT2D eigenvalue weighted by molar-refractivity contribution is -0.116. The number of carbonyl (C=O) groups is 2. The number of allylic oxidation sites excluding steroid dienone is 1. The van der Waals surface area contributed by atoms with Crippen molar-refractivity contribution >= 4 is 17.6 Å². The lowest BCUT2D eigenvalue weighted by Crippen LogP contribution is -2.51. The van der Waals surface area contributed by atoms with E-state index in [0.29, 0.717) is 19.1 Å². The Morgan fingerprint density at radius 1 is 1.15 bits per heavy atom. The van der Waals surface area contributed by atoms with Crippen LogP contribution in [-0.2, 0) is 14.9 Å². The van der Waals surface area contributed by atoms with Gasteiger partial charge < -0.3 is 19.9 Å². The Morgan fingerprint density at radius 2 is 1.82 bits per heavy atom. The van der Waals surface area contributed by atoms with Crippen molar-refractivity contribution in [3.8, 4) is 12.3 Å². The number of terminal acetylenes is 1. The van der Waals surface area contributed by atoms with Crippen LogP contribution in [0.25, 0.3) is 5.57 Å². The molecule has 2 aliphatic heterocycles. The lowest BCUT2D eigenvalue weighted by Gasteiger charge is -2.44. The number of hydrogen-bond donors (Lipinski definition) is 1. The Balaban J connectivity index is 1.40. The van der Waals surface area contributed by atoms with Gasteiger partial charge in [-0.25, -0.2) is 4.79 Å². The number of nitrogens with zero attached hydrogens (tertiary/aromatic N) is 2. The average Bonchev–Trinajstić information content (AvgIpc) is 3.20. The first-order valence-electron chi connectivity index (χ1n) is 12.7. The number of ether oxygens (including phenoxy) is 1. The molecule has 2 fully saturated rings. The van der Waals surface area contributed by atoms with Crippen LogP contribution < -0.4 is 5.32 Å². The number of benzene rings is 1. The molecule has 0 saturated carbocycles. The summed E-state index contributed by atoms with van der Waals surface area (Å²) in [5.41, 5.74) is 3.18. The van der Waals surface area contributed by atoms with E-state index in [1.807, 2.05) is 6.07 Å². The maximum Gasteiger partial charge on any atom is 0.410 e. The third-order valence-electron chi connectivity index (χ3n) is 7.95. The van der Waals surface area contributed by atoms with E-state index >= 15 is 0 Å². The molecule has 34 heavy (non-hydrogen) atoms. The van der Waals surface area contributed by atoms with Gasteiger partial charge in [0.2, 0.25) is 0 Å². The van der Waals surface area contributed by atoms with Gasteiger partial charge in [0, 0.05) is 36.2 Å². The van der Waals surface area contributed by atoms with Crippen molar-refractivity contribution in [2.24, 2.45) is 0 Å². The smallest absolute Gasteiger partial charge is 0.410 e. The van der Waals surface area contributed by atoms with Crippen LogP contribution >= 0.6 is 0 Å². The van der Waals surface area contributed by atoms with Gasteiger partial charge in [-0.05, 0) is 62.7 Å². The number of hydrogen-bond acceptors (Lipinski definition) is 4. The zero-order valence-electron chi connectivity index (χ0n) is 20.5. The maximum atomic E-state index is 13.2. The molecule has 2 amide bonds. The van der Waals surface area contributed by atoms with Crippen LogP contribution in [-0.4, -0.2) is 66.7 Å². The van der Waals surface area contributed by atoms with Crippen molar-refractivity contribution in [3.05, 3.63) is 41.5 Å². The quantitative estimate of drug-likeness (QED) is 0.649. The van der Waals surface area contributed by atoms with Crippen molar-refractivity contribution in [3.63, 3.8) is 0 Å². The normalized spacial score (nSPS) is 20.1. The molecule has 1 aliphatic carbocycles. The van der Waals surface area contributed by atoms with Crippen LogP contribution in [0.3, 0.4) is 0 Å². The Kier molecular flexibility index (Phi) is 7.63. The van der Waals surface area contributed by atoms with Crippen molar-refractivity contribution < 1.29 is 14.3 Å². The third-order valence-corrected chi connectivity index (χ3v) is 7.95. The van der Waals surface area contributed by atoms with Gasteiger partial charge in [-0.15, -0.1) is 6.42 Å². The van der Waals surface area contributed by atoms with Crippen LogP contribution in [0.5, 0.6) is 0 Å². The highest BCUT2D eigenvalue weighted by Gasteiger charge is 2.43. The van der Waals surface area contributed by atoms with E-state index < -0.39 is 0 Å². The third kappa shape index (κ3) is 4.86. The summed E-state index contributed by atoms with van der Waals surface area (Å²) in [7, 11) is 0. The molecule has 0 aromatic heterocycles. The van der Waals surface area contributed by atoms with Crippen LogP contribution in [0.4, 0.5) is 4.79 Å². The summed E-state index contributed by atoms with van der Waals surface area (Å²) in [5, 5.41) is 3.24. The van der Waals surface area contributed by atoms with Gasteiger partial charge in [0.15, 0.2) is 6.61 Å². The van der Waals surface area contributed by atoms with Crippen LogP contribution in [0.1, 0.15) is 63.5 Å². The Bertz CT molecular complexity index is 959. The van der Waals surface area contributed by atoms with E-state index in [9.17, 15) is 9.59 Å². The summed E-state index contributed by atoms with van der Waals surface area (Å²) >= 11 is 0. The zero-order chi connectivity index (χ0) is 24.1. The molecule has 1 aromatic carbocycles. The summed E-state index contributed by atoms with van der Waals surface area (Å²) in [4.78, 5) is 29.6. The van der Waals surface area contributed by atoms with Crippen LogP contribution in [0, 0.1) is 12.3 Å². The number of piperidine rings is 2. The molecule has 0 radical (unpaired) electrons. The summed E-state index contributed by atoms with van der Waals surface area (Å²) in [6.07, 6.45) is 12.9. The van der Waals surface area contributed by atoms with E-state index in [1.165, 1.54) is 5.56 Å². The van der Waals surface area contributed by atoms with Crippen molar-refractivity contribution in [2.75, 3.05) is 32.8 Å². The van der Waals surface area contributed by atoms with E-state index in [1.54, 1.807) is 4.90 Å². The highest BCUT2D eigenvalue weighted by atomic mass is 16.6. The van der Waals surface area contributed by atoms with Crippen molar-refractivity contribution in [1.29, 1.82) is 0 Å². The molecule has 6 heteroatoms. The Morgan fingerprint density at radius 3 is 2.47 bits per heavy atom. The van der Waals surface area contributed by atoms with Gasteiger partial charge in [-0.3, -0.25) is 4.79 Å². The fourth-order valence-corrected chi connectivity index (χ4v) is 5.84. The minimum atomic E-state index is -0.305. The predicted octanol–water partition coefficient (Wildman–Crippen LogP) is 3.96. The largest absolute Gasteiger partial charge is 0.436 e. The number of likely N-dealkylation sites (tertiary alicyclic amines) is 2. The topological polar surface area (TPSA) is 61.9 Å². The molecule has 0 atom stereocenters. The molecule has 2 heterocycles. The molecule has 1 N–H and O–H groups in total. The molecule has 3 aliphatic rings. The highest BCUT2D eigenvalue weighted by Crippen LogP contribution is 2.47. The number of amides is 2. The van der Waals surface area contributed by atoms with E-state index in [4.69, 9.17) is 11.2 Å². The number of fused-ring (bicyclic) bond motifs is 2. The standard InChI is InChI=1S/C28H37N3O3/c1-4-19-34-27(33)31-15-11-22(12-16-31)30-17-13-28(14-18-30)20-24(23-9-7-8-10-25(23)28)26(32)29-21(5-2)6-3/h1,7-10,20-22H,5-6,11-19H2,2-3H3,(H,29,32). The van der Waals surface area contributed by atoms with E-state index in [-0.39, 0.29) is 30.1 Å². The molecule has 0 bridgehead atoms. The van der Waals surface area contributed by atoms with Gasteiger partial charge >= 0.3 is 6.09 Å². The Labute approximate surface area is 203 Å². The second kappa shape index (κ2) is 10.7. The maximum absolute atomic E-state index is 13.2. The molecule has 2 saturated heterocycles. The molecular formula is C28H37N3O3. The predicted molar refractivity (Wildman–Crippen MR) is 134 cm³/mol. The second-order valence-corrected chi connectivity index (χ2v) is 9.76. The minimum Gasteiger partial charge on any atom is -0.436 e. The zero-order valence-corrected chi connectivity index (χ0v) is 20.5. The highest BCUT2D eigenvalue weighted by molar-refractivity contribution is 6.21. The molecular weight excluding hydrogens is 426 g/mol. The Hall–Kier alpha value is -2.78. The van der Waals surface area contributed by atoms with Crippen LogP contribution in [0.15, 0.2) is 30.3 Å². The molecule has 0 unspecified atom stereocenters. The van der Waals surface area contributed by atoms with Gasteiger partial charge in [0.05, 0.1) is 0 Å². The van der Waals surface area contributed by atoms with Gasteiger partial charge in [0.1, 0.15) is 0 Å². The first kappa shape index (κ1) is 24.3. The fourth-order valence-electron chi connectivity index (χ4n) is 5.84. The molecule has 6 nitrogen and oxygen atoms in total. The average molecular weight is 464 g/mol. The summed E-state index contributed by atoms with van der Waals surface area (Å²) in [5.74, 6) is 2.41. The number of rotatable bonds is 6. The van der Waals surface area contributed by atoms with E-state index in [0.717, 1.165) is 62.8 Å². The van der Waals surface area contributed by atoms with Crippen molar-refractivity contribution in [2.45, 2.75) is 69.9 Å². The molecule has 182 valence electrons. The fraction of sp³-hybridized carbons (Fsp3) is 0.571. The minimum absolute atomic E-state index is 0.0273. The SMILES string of the molecule is C#CCOC(=O)N1CCC(N2CCC3(C=C(C(=O)NC(CC)CC)c4ccccc43)CC2)CC1. The summed E-state index contributed by atoms with van der Waals surface area (Å²) < 4.78 is 5.07. The molecule has 4 rings (SSSR count). The second-order valence-electron chi connectivity index (χ2n) is 9.76. The monoisotopic (exact) mass is 463 g/mol. The first-order valence-corrected chi connectivity index (χ1v) is 12.7. The summed E-state index contributed by atoms with van der Waals surface area (Å²) in [6, 6.07) is 9.13. The van der Waals surface area contributed by atoms with Gasteiger partial charge in [-0.1, -0.05) is 50.1 Å². The lowest BCUT2D eigenvalue weighted by atomic mass is 9.74. The number of carbonyl (C=O) groups excluding carboxylic acids is 2. The van der Waals surface area contributed by atoms with Gasteiger partial charge in [-0.2, -0.15) is 0 Å². The van der Waals surface area contributed by atoms with Gasteiger partial charge in [0.25, 0.3) is 5.91 Å². The summed E-state index contributed by atoms with van der Waals surface area (Å²) in [6.45, 7) is 7.68.